The molecule has 0 atom stereocenters. The van der Waals surface area contributed by atoms with Crippen LogP contribution >= 0.6 is 25.9 Å². The third-order valence-corrected chi connectivity index (χ3v) is 0. The first-order chi connectivity index (χ1) is 1.00. The van der Waals surface area contributed by atoms with Gasteiger partial charge in [0.25, 0.3) is 0 Å². The molecule has 4 heavy (non-hydrogen) atoms. The van der Waals surface area contributed by atoms with Crippen LogP contribution in [-0.4, -0.2) is 66.6 Å². The monoisotopic (exact) mass is 207 g/mol. The van der Waals surface area contributed by atoms with Crippen LogP contribution in [0.2, 0.25) is 0 Å². The van der Waals surface area contributed by atoms with Gasteiger partial charge in [0, 0.05) is 81.4 Å². The standard InChI is InChI=1S/B.BrS.Rb/c;1-2;. The van der Waals surface area contributed by atoms with E-state index in [2.05, 4.69) is 25.9 Å². The predicted octanol–water partition coefficient (Wildman–Crippen LogP) is 0.732. The third-order valence-electron chi connectivity index (χ3n) is 0. The van der Waals surface area contributed by atoms with E-state index in [0.717, 1.165) is 0 Å². The van der Waals surface area contributed by atoms with Gasteiger partial charge in [-0.2, -0.15) is 0 Å². The summed E-state index contributed by atoms with van der Waals surface area (Å²) in [4.78, 5) is 0. The smallest absolute Gasteiger partial charge is 0.00225 e. The third kappa shape index (κ3) is 8.83. The first-order valence-corrected chi connectivity index (χ1v) is 2.41. The van der Waals surface area contributed by atoms with Crippen molar-refractivity contribution in [2.75, 3.05) is 0 Å². The van der Waals surface area contributed by atoms with Gasteiger partial charge in [0.1, 0.15) is 0 Å². The van der Waals surface area contributed by atoms with E-state index in [0.29, 0.717) is 0 Å². The fourth-order valence-electron chi connectivity index (χ4n) is 0. The quantitative estimate of drug-likeness (QED) is 0.515. The summed E-state index contributed by atoms with van der Waals surface area (Å²) in [5, 5.41) is 0. The number of hydrogen-bond acceptors (Lipinski definition) is 0. The van der Waals surface area contributed by atoms with Gasteiger partial charge in [0.15, 0.2) is 0 Å². The van der Waals surface area contributed by atoms with Crippen LogP contribution in [0.5, 0.6) is 0 Å². The summed E-state index contributed by atoms with van der Waals surface area (Å²) in [7, 11) is 0. The summed E-state index contributed by atoms with van der Waals surface area (Å²) in [6, 6.07) is 0. The molecule has 0 aromatic heterocycles. The van der Waals surface area contributed by atoms with E-state index in [9.17, 15) is 0 Å². The van der Waals surface area contributed by atoms with Gasteiger partial charge in [-0.05, 0) is 11.1 Å². The average molecular weight is 208 g/mol. The first-order valence-electron chi connectivity index (χ1n) is 0.154. The maximum atomic E-state index is 3.90. The Morgan fingerprint density at radius 1 is 1.25 bits per heavy atom. The molecule has 0 nitrogen and oxygen atoms in total. The Kier molecular flexibility index (Phi) is 68.7. The SMILES string of the molecule is [B].[Rb].[S]Br. The second-order valence-electron chi connectivity index (χ2n) is 0. The summed E-state index contributed by atoms with van der Waals surface area (Å²) in [5.41, 5.74) is 0. The van der Waals surface area contributed by atoms with Gasteiger partial charge < -0.3 is 0 Å². The van der Waals surface area contributed by atoms with Crippen LogP contribution in [-0.2, 0) is 0 Å². The van der Waals surface area contributed by atoms with Crippen LogP contribution < -0.4 is 0 Å². The molecule has 0 amide bonds. The van der Waals surface area contributed by atoms with E-state index >= 15 is 0 Å². The van der Waals surface area contributed by atoms with Gasteiger partial charge in [-0.3, -0.25) is 0 Å². The summed E-state index contributed by atoms with van der Waals surface area (Å²) in [6.07, 6.45) is 0. The Morgan fingerprint density at radius 3 is 1.25 bits per heavy atom. The van der Waals surface area contributed by atoms with Gasteiger partial charge in [-0.1, -0.05) is 0 Å². The molecule has 0 aliphatic rings. The van der Waals surface area contributed by atoms with Crippen LogP contribution in [0.3, 0.4) is 0 Å². The zero-order valence-electron chi connectivity index (χ0n) is 2.36. The topological polar surface area (TPSA) is 0 Å². The Labute approximate surface area is 90.1 Å². The van der Waals surface area contributed by atoms with Gasteiger partial charge >= 0.3 is 0 Å². The van der Waals surface area contributed by atoms with Crippen molar-refractivity contribution in [3.63, 3.8) is 0 Å². The van der Waals surface area contributed by atoms with Crippen LogP contribution in [0.25, 0.3) is 0 Å². The van der Waals surface area contributed by atoms with Crippen molar-refractivity contribution in [3.8, 4) is 0 Å². The van der Waals surface area contributed by atoms with E-state index in [-0.39, 0.29) is 66.6 Å². The minimum atomic E-state index is 0. The van der Waals surface area contributed by atoms with Crippen molar-refractivity contribution < 1.29 is 0 Å². The van der Waals surface area contributed by atoms with E-state index < -0.39 is 0 Å². The molecule has 4 heteroatoms. The van der Waals surface area contributed by atoms with Crippen molar-refractivity contribution in [3.05, 3.63) is 0 Å². The normalized spacial score (nSPS) is 1.50. The Balaban J connectivity index is -0.00000000500. The largest absolute Gasteiger partial charge is 0.00225 e. The molecular weight excluding hydrogens is 208 g/mol. The second kappa shape index (κ2) is 17.3. The van der Waals surface area contributed by atoms with Crippen molar-refractivity contribution >= 4 is 92.5 Å². The molecule has 0 heterocycles. The number of halogens is 1. The van der Waals surface area contributed by atoms with Gasteiger partial charge in [0.2, 0.25) is 0 Å². The number of rotatable bonds is 0. The number of hydrogen-bond donors (Lipinski definition) is 0. The molecule has 0 spiro atoms. The molecule has 0 rings (SSSR count). The van der Waals surface area contributed by atoms with E-state index in [1.807, 2.05) is 0 Å². The van der Waals surface area contributed by atoms with E-state index in [4.69, 9.17) is 0 Å². The zero-order chi connectivity index (χ0) is 2.00. The molecule has 0 bridgehead atoms. The first kappa shape index (κ1) is 15.9. The fraction of sp³-hybridized carbons (Fsp3) is 0. The average Bonchev–Trinajstić information content (AvgIpc) is 1.00. The van der Waals surface area contributed by atoms with Crippen molar-refractivity contribution in [1.82, 2.24) is 0 Å². The van der Waals surface area contributed by atoms with Gasteiger partial charge in [-0.15, -0.1) is 0 Å². The Morgan fingerprint density at radius 2 is 1.25 bits per heavy atom. The molecule has 17 valence electrons. The minimum absolute atomic E-state index is 0. The van der Waals surface area contributed by atoms with Crippen molar-refractivity contribution in [1.29, 1.82) is 0 Å². The predicted molar refractivity (Wildman–Crippen MR) is 28.0 cm³/mol. The molecule has 0 fully saturated rings. The van der Waals surface area contributed by atoms with E-state index in [1.54, 1.807) is 0 Å². The zero-order valence-corrected chi connectivity index (χ0v) is 9.68. The molecule has 5 radical (unpaired) electrons. The van der Waals surface area contributed by atoms with Crippen LogP contribution in [0.1, 0.15) is 0 Å². The molecule has 0 aliphatic heterocycles. The van der Waals surface area contributed by atoms with Crippen LogP contribution in [0.15, 0.2) is 0 Å². The van der Waals surface area contributed by atoms with Gasteiger partial charge in [-0.25, -0.2) is 0 Å². The molecule has 0 aromatic carbocycles. The molecule has 0 saturated carbocycles. The Bertz CT molecular complexity index is 8.00. The molecule has 0 unspecified atom stereocenters. The maximum Gasteiger partial charge on any atom is 0.00225 e. The minimum Gasteiger partial charge on any atom is -0.00225 e. The van der Waals surface area contributed by atoms with Crippen LogP contribution in [0, 0.1) is 0 Å². The summed E-state index contributed by atoms with van der Waals surface area (Å²) in [5.74, 6) is 0. The second-order valence-corrected chi connectivity index (χ2v) is 0. The molecular formula is BBrRbS. The van der Waals surface area contributed by atoms with Crippen LogP contribution in [0.4, 0.5) is 0 Å². The van der Waals surface area contributed by atoms with Gasteiger partial charge in [0.05, 0.1) is 0 Å². The van der Waals surface area contributed by atoms with Crippen molar-refractivity contribution in [2.45, 2.75) is 0 Å². The maximum absolute atomic E-state index is 3.90. The Hall–Kier alpha value is 2.70. The molecule has 0 saturated heterocycles. The molecule has 0 N–H and O–H groups in total. The van der Waals surface area contributed by atoms with E-state index in [1.165, 1.54) is 0 Å². The summed E-state index contributed by atoms with van der Waals surface area (Å²) < 4.78 is 0. The molecule has 0 aromatic rings. The van der Waals surface area contributed by atoms with Crippen molar-refractivity contribution in [2.24, 2.45) is 0 Å². The summed E-state index contributed by atoms with van der Waals surface area (Å²) >= 11 is 6.42. The molecule has 0 aliphatic carbocycles. The fourth-order valence-corrected chi connectivity index (χ4v) is 0. The summed E-state index contributed by atoms with van der Waals surface area (Å²) in [6.45, 7) is 0.